The summed E-state index contributed by atoms with van der Waals surface area (Å²) >= 11 is 0. The van der Waals surface area contributed by atoms with Crippen LogP contribution in [0.25, 0.3) is 0 Å². The van der Waals surface area contributed by atoms with Crippen LogP contribution < -0.4 is 5.32 Å². The van der Waals surface area contributed by atoms with Crippen molar-refractivity contribution in [2.75, 3.05) is 6.54 Å². The maximum atomic E-state index is 3.97. The van der Waals surface area contributed by atoms with Crippen LogP contribution in [0.1, 0.15) is 32.6 Å². The van der Waals surface area contributed by atoms with E-state index >= 15 is 0 Å². The van der Waals surface area contributed by atoms with Gasteiger partial charge in [-0.05, 0) is 25.1 Å². The van der Waals surface area contributed by atoms with Gasteiger partial charge in [0.1, 0.15) is 0 Å². The van der Waals surface area contributed by atoms with Gasteiger partial charge in [-0.25, -0.2) is 0 Å². The molecule has 0 aliphatic rings. The highest BCUT2D eigenvalue weighted by atomic mass is 14.8. The van der Waals surface area contributed by atoms with Crippen molar-refractivity contribution in [1.82, 2.24) is 5.32 Å². The Morgan fingerprint density at radius 1 is 1.38 bits per heavy atom. The van der Waals surface area contributed by atoms with Gasteiger partial charge in [0.05, 0.1) is 0 Å². The molecule has 0 spiro atoms. The first-order valence-corrected chi connectivity index (χ1v) is 4.99. The molecule has 74 valence electrons. The Kier molecular flexibility index (Phi) is 8.42. The summed E-state index contributed by atoms with van der Waals surface area (Å²) in [5, 5.41) is 3.10. The van der Waals surface area contributed by atoms with Crippen LogP contribution in [-0.4, -0.2) is 6.54 Å². The van der Waals surface area contributed by atoms with E-state index in [4.69, 9.17) is 0 Å². The van der Waals surface area contributed by atoms with Gasteiger partial charge in [0.2, 0.25) is 0 Å². The van der Waals surface area contributed by atoms with E-state index in [1.165, 1.54) is 24.8 Å². The molecule has 0 aliphatic heterocycles. The molecule has 1 N–H and O–H groups in total. The molecule has 0 aromatic heterocycles. The van der Waals surface area contributed by atoms with Gasteiger partial charge < -0.3 is 5.32 Å². The molecular formula is C12H21N. The molecule has 0 heterocycles. The molecule has 0 atom stereocenters. The highest BCUT2D eigenvalue weighted by molar-refractivity contribution is 5.13. The van der Waals surface area contributed by atoms with Gasteiger partial charge in [0.25, 0.3) is 0 Å². The van der Waals surface area contributed by atoms with Gasteiger partial charge in [-0.1, -0.05) is 38.0 Å². The molecule has 0 fully saturated rings. The van der Waals surface area contributed by atoms with Gasteiger partial charge in [-0.15, -0.1) is 6.58 Å². The van der Waals surface area contributed by atoms with Crippen molar-refractivity contribution < 1.29 is 0 Å². The van der Waals surface area contributed by atoms with E-state index in [2.05, 4.69) is 25.4 Å². The summed E-state index contributed by atoms with van der Waals surface area (Å²) in [5.41, 5.74) is 1.20. The summed E-state index contributed by atoms with van der Waals surface area (Å²) in [6.07, 6.45) is 10.7. The van der Waals surface area contributed by atoms with Gasteiger partial charge in [-0.3, -0.25) is 0 Å². The molecule has 0 saturated carbocycles. The second-order valence-corrected chi connectivity index (χ2v) is 3.15. The smallest absolute Gasteiger partial charge is 0.0322 e. The van der Waals surface area contributed by atoms with Crippen LogP contribution in [0.4, 0.5) is 0 Å². The summed E-state index contributed by atoms with van der Waals surface area (Å²) in [7, 11) is 0. The first-order chi connectivity index (χ1) is 6.31. The van der Waals surface area contributed by atoms with E-state index in [1.807, 2.05) is 18.4 Å². The Morgan fingerprint density at radius 3 is 2.77 bits per heavy atom. The van der Waals surface area contributed by atoms with Crippen LogP contribution in [0, 0.1) is 0 Å². The minimum Gasteiger partial charge on any atom is -0.387 e. The van der Waals surface area contributed by atoms with Crippen molar-refractivity contribution in [3.05, 3.63) is 37.1 Å². The molecule has 1 heteroatoms. The zero-order valence-electron chi connectivity index (χ0n) is 8.68. The second kappa shape index (κ2) is 9.11. The minimum atomic E-state index is 0.818. The fraction of sp³-hybridized carbons (Fsp3) is 0.500. The number of allylic oxidation sites excluding steroid dienone is 2. The lowest BCUT2D eigenvalue weighted by Crippen LogP contribution is -2.02. The predicted molar refractivity (Wildman–Crippen MR) is 60.6 cm³/mol. The largest absolute Gasteiger partial charge is 0.387 e. The third-order valence-corrected chi connectivity index (χ3v) is 1.80. The monoisotopic (exact) mass is 179 g/mol. The number of unbranched alkanes of at least 4 members (excludes halogenated alkanes) is 2. The van der Waals surface area contributed by atoms with Crippen LogP contribution in [0.15, 0.2) is 37.1 Å². The zero-order valence-corrected chi connectivity index (χ0v) is 8.68. The number of rotatable bonds is 8. The molecule has 0 unspecified atom stereocenters. The molecular weight excluding hydrogens is 158 g/mol. The summed E-state index contributed by atoms with van der Waals surface area (Å²) in [4.78, 5) is 0. The van der Waals surface area contributed by atoms with Crippen LogP contribution >= 0.6 is 0 Å². The van der Waals surface area contributed by atoms with Crippen molar-refractivity contribution in [3.63, 3.8) is 0 Å². The van der Waals surface area contributed by atoms with Gasteiger partial charge in [0, 0.05) is 6.54 Å². The summed E-state index contributed by atoms with van der Waals surface area (Å²) in [5.74, 6) is 0. The molecule has 13 heavy (non-hydrogen) atoms. The normalized spacial score (nSPS) is 10.2. The molecule has 1 nitrogen and oxygen atoms in total. The maximum Gasteiger partial charge on any atom is 0.0322 e. The Balaban J connectivity index is 3.38. The number of hydrogen-bond acceptors (Lipinski definition) is 1. The first-order valence-electron chi connectivity index (χ1n) is 4.99. The van der Waals surface area contributed by atoms with E-state index < -0.39 is 0 Å². The fourth-order valence-corrected chi connectivity index (χ4v) is 1.01. The SMILES string of the molecule is C=CCN/C=C/C(=C)CCCCC. The summed E-state index contributed by atoms with van der Waals surface area (Å²) in [6, 6.07) is 0. The highest BCUT2D eigenvalue weighted by Gasteiger charge is 1.88. The topological polar surface area (TPSA) is 12.0 Å². The molecule has 0 saturated heterocycles. The molecule has 0 rings (SSSR count). The summed E-state index contributed by atoms with van der Waals surface area (Å²) < 4.78 is 0. The Labute approximate surface area is 82.2 Å². The number of nitrogens with one attached hydrogen (secondary N) is 1. The average Bonchev–Trinajstić information content (AvgIpc) is 2.13. The third-order valence-electron chi connectivity index (χ3n) is 1.80. The van der Waals surface area contributed by atoms with Crippen molar-refractivity contribution in [2.24, 2.45) is 0 Å². The Morgan fingerprint density at radius 2 is 2.15 bits per heavy atom. The van der Waals surface area contributed by atoms with E-state index in [9.17, 15) is 0 Å². The quantitative estimate of drug-likeness (QED) is 0.342. The van der Waals surface area contributed by atoms with Crippen LogP contribution in [-0.2, 0) is 0 Å². The molecule has 0 amide bonds. The van der Waals surface area contributed by atoms with Crippen LogP contribution in [0.2, 0.25) is 0 Å². The lowest BCUT2D eigenvalue weighted by Gasteiger charge is -1.99. The second-order valence-electron chi connectivity index (χ2n) is 3.15. The van der Waals surface area contributed by atoms with E-state index in [0.717, 1.165) is 13.0 Å². The molecule has 0 aromatic carbocycles. The highest BCUT2D eigenvalue weighted by Crippen LogP contribution is 2.07. The van der Waals surface area contributed by atoms with E-state index in [0.29, 0.717) is 0 Å². The van der Waals surface area contributed by atoms with Gasteiger partial charge >= 0.3 is 0 Å². The van der Waals surface area contributed by atoms with Crippen molar-refractivity contribution >= 4 is 0 Å². The number of hydrogen-bond donors (Lipinski definition) is 1. The first kappa shape index (κ1) is 12.0. The van der Waals surface area contributed by atoms with E-state index in [1.54, 1.807) is 0 Å². The molecule has 0 radical (unpaired) electrons. The van der Waals surface area contributed by atoms with Gasteiger partial charge in [0.15, 0.2) is 0 Å². The van der Waals surface area contributed by atoms with Crippen LogP contribution in [0.3, 0.4) is 0 Å². The molecule has 0 bridgehead atoms. The lowest BCUT2D eigenvalue weighted by atomic mass is 10.1. The van der Waals surface area contributed by atoms with Crippen LogP contribution in [0.5, 0.6) is 0 Å². The minimum absolute atomic E-state index is 0.818. The zero-order chi connectivity index (χ0) is 9.94. The van der Waals surface area contributed by atoms with Crippen molar-refractivity contribution in [1.29, 1.82) is 0 Å². The average molecular weight is 179 g/mol. The van der Waals surface area contributed by atoms with Crippen molar-refractivity contribution in [2.45, 2.75) is 32.6 Å². The van der Waals surface area contributed by atoms with Crippen molar-refractivity contribution in [3.8, 4) is 0 Å². The molecule has 0 aliphatic carbocycles. The third kappa shape index (κ3) is 8.93. The maximum absolute atomic E-state index is 3.97. The van der Waals surface area contributed by atoms with Gasteiger partial charge in [-0.2, -0.15) is 0 Å². The fourth-order valence-electron chi connectivity index (χ4n) is 1.01. The van der Waals surface area contributed by atoms with E-state index in [-0.39, 0.29) is 0 Å². The Hall–Kier alpha value is -0.980. The standard InChI is InChI=1S/C12H21N/c1-4-6-7-8-12(3)9-11-13-10-5-2/h5,9,11,13H,2-4,6-8,10H2,1H3/b11-9+. The lowest BCUT2D eigenvalue weighted by molar-refractivity contribution is 0.720. The molecule has 0 aromatic rings. The predicted octanol–water partition coefficient (Wildman–Crippen LogP) is 3.41. The summed E-state index contributed by atoms with van der Waals surface area (Å²) in [6.45, 7) is 10.6. The Bertz CT molecular complexity index is 168.